The van der Waals surface area contributed by atoms with Crippen molar-refractivity contribution in [2.24, 2.45) is 45.8 Å². The molecule has 2 aliphatic rings. The Bertz CT molecular complexity index is 1080. The smallest absolute Gasteiger partial charge is 0.171 e. The predicted molar refractivity (Wildman–Crippen MR) is 294 cm³/mol. The van der Waals surface area contributed by atoms with Gasteiger partial charge in [-0.25, -0.2) is 0 Å². The minimum Gasteiger partial charge on any atom is -0.171 e. The Kier molecular flexibility index (Phi) is 55.8. The van der Waals surface area contributed by atoms with Gasteiger partial charge in [-0.05, 0) is 45.8 Å². The molecule has 2 atom stereocenters. The zero-order valence-corrected chi connectivity index (χ0v) is 49.5. The van der Waals surface area contributed by atoms with Crippen molar-refractivity contribution in [1.82, 2.24) is 0 Å². The summed E-state index contributed by atoms with van der Waals surface area (Å²) >= 11 is 0. The third-order valence-corrected chi connectivity index (χ3v) is 7.90. The molecule has 2 fully saturated rings. The zero-order valence-electron chi connectivity index (χ0n) is 60.5. The lowest BCUT2D eigenvalue weighted by Gasteiger charge is -2.15. The van der Waals surface area contributed by atoms with E-state index in [9.17, 15) is 26.3 Å². The Hall–Kier alpha value is -0.420. The second-order valence-corrected chi connectivity index (χ2v) is 21.0. The van der Waals surface area contributed by atoms with Crippen LogP contribution in [0.3, 0.4) is 0 Å². The van der Waals surface area contributed by atoms with Crippen LogP contribution in [-0.2, 0) is 0 Å². The van der Waals surface area contributed by atoms with Crippen LogP contribution in [0.4, 0.5) is 26.3 Å². The van der Waals surface area contributed by atoms with E-state index in [0.717, 1.165) is 25.7 Å². The number of halogens is 6. The van der Waals surface area contributed by atoms with Gasteiger partial charge in [0, 0.05) is 27.9 Å². The third kappa shape index (κ3) is 190. The molecule has 0 bridgehead atoms. The van der Waals surface area contributed by atoms with E-state index in [1.165, 1.54) is 51.4 Å². The first kappa shape index (κ1) is 60.7. The first-order valence-corrected chi connectivity index (χ1v) is 25.8. The molecule has 0 N–H and O–H groups in total. The minimum absolute atomic E-state index is 0.0556. The van der Waals surface area contributed by atoms with Gasteiger partial charge in [0.2, 0.25) is 0 Å². The highest BCUT2D eigenvalue weighted by atomic mass is 19.4. The van der Waals surface area contributed by atoms with Crippen LogP contribution < -0.4 is 0 Å². The molecular weight excluding hydrogens is 823 g/mol. The summed E-state index contributed by atoms with van der Waals surface area (Å²) in [5.41, 5.74) is -0.292. The fourth-order valence-corrected chi connectivity index (χ4v) is 3.21. The Labute approximate surface area is 427 Å². The number of hydrogen-bond acceptors (Lipinski definition) is 0. The van der Waals surface area contributed by atoms with Crippen molar-refractivity contribution >= 4 is 0 Å². The van der Waals surface area contributed by atoms with Crippen LogP contribution in [0, 0.1) is 45.8 Å². The molecular formula is C59H132F6. The first-order valence-electron chi connectivity index (χ1n) is 31.3. The quantitative estimate of drug-likeness (QED) is 0.223. The summed E-state index contributed by atoms with van der Waals surface area (Å²) in [7, 11) is 0. The fourth-order valence-electron chi connectivity index (χ4n) is 3.21. The molecule has 2 saturated carbocycles. The Morgan fingerprint density at radius 2 is 0.708 bits per heavy atom. The maximum Gasteiger partial charge on any atom is 0.389 e. The Balaban J connectivity index is -0.0000000793. The molecule has 0 spiro atoms. The standard InChI is InChI=1S/C7H14.2C6H11F3.C6H12.C6H14.3C5H12.2C4H10.C3H8.C2H6/c1-7-5-3-2-4-6-7;2*1-3-5(2)4-6(7,8)9;1-6-4-2-3-5-6;1-5-6(2,3)4;2*1-5(2,3)4;1-4-5(2)3;2*1-3-4-2;1-3-2;1-2/h7H,2-6H2,1H3;2*5H,3-4H2,1-2H3;6H,2-5H2,1H3;5H2,1-4H3;2*1-4H3;5H,4H2,1-3H3;2*3-4H2,1-2H3;3H2,1-2H3;1-2H3/t;2*5-;;;;;;;;;/m.00........./s1/i7D;;;6D;5D2;1D3;;4D2;3D2;;;. The Morgan fingerprint density at radius 1 is 0.508 bits per heavy atom. The summed E-state index contributed by atoms with van der Waals surface area (Å²) in [6.07, 6.45) is 4.35. The lowest BCUT2D eigenvalue weighted by atomic mass is 9.91. The summed E-state index contributed by atoms with van der Waals surface area (Å²) in [4.78, 5) is 0. The van der Waals surface area contributed by atoms with E-state index in [-0.39, 0.29) is 35.0 Å². The first-order chi connectivity index (χ1) is 33.2. The second-order valence-electron chi connectivity index (χ2n) is 21.0. The number of unbranched alkanes of at least 4 members (excludes halogenated alkanes) is 1. The lowest BCUT2D eigenvalue weighted by molar-refractivity contribution is -0.144. The van der Waals surface area contributed by atoms with Crippen LogP contribution in [0.15, 0.2) is 0 Å². The highest BCUT2D eigenvalue weighted by Gasteiger charge is 2.29. The van der Waals surface area contributed by atoms with E-state index in [0.29, 0.717) is 24.7 Å². The van der Waals surface area contributed by atoms with Gasteiger partial charge in [0.1, 0.15) is 0 Å². The average Bonchev–Trinajstić information content (AvgIpc) is 3.60. The van der Waals surface area contributed by atoms with Gasteiger partial charge in [0.05, 0.1) is 0 Å². The molecule has 0 amide bonds. The fraction of sp³-hybridized carbons (Fsp3) is 1.00. The molecule has 0 unspecified atom stereocenters. The summed E-state index contributed by atoms with van der Waals surface area (Å²) in [6.45, 7) is 51.5. The van der Waals surface area contributed by atoms with Crippen LogP contribution in [0.25, 0.3) is 0 Å². The number of alkyl halides is 6. The van der Waals surface area contributed by atoms with Gasteiger partial charge < -0.3 is 0 Å². The molecule has 0 saturated heterocycles. The topological polar surface area (TPSA) is 0 Å². The van der Waals surface area contributed by atoms with Gasteiger partial charge in [0.25, 0.3) is 0 Å². The summed E-state index contributed by atoms with van der Waals surface area (Å²) in [6, 6.07) is 0. The van der Waals surface area contributed by atoms with Gasteiger partial charge in [-0.15, -0.1) is 0 Å². The van der Waals surface area contributed by atoms with Gasteiger partial charge in [-0.2, -0.15) is 26.3 Å². The molecule has 410 valence electrons. The van der Waals surface area contributed by atoms with Crippen LogP contribution in [-0.4, -0.2) is 12.4 Å². The molecule has 0 aromatic carbocycles. The van der Waals surface area contributed by atoms with Crippen LogP contribution in [0.1, 0.15) is 344 Å². The minimum atomic E-state index is -3.98. The number of hydrogen-bond donors (Lipinski definition) is 0. The van der Waals surface area contributed by atoms with Crippen molar-refractivity contribution in [3.8, 4) is 0 Å². The van der Waals surface area contributed by atoms with Crippen molar-refractivity contribution in [2.45, 2.75) is 341 Å². The monoisotopic (exact) mass is 966 g/mol. The van der Waals surface area contributed by atoms with Gasteiger partial charge in [-0.3, -0.25) is 0 Å². The van der Waals surface area contributed by atoms with E-state index >= 15 is 0 Å². The molecule has 2 rings (SSSR count). The predicted octanol–water partition coefficient (Wildman–Crippen LogP) is 25.4. The molecule has 0 aromatic rings. The van der Waals surface area contributed by atoms with Crippen molar-refractivity contribution in [3.63, 3.8) is 0 Å². The second kappa shape index (κ2) is 59.7. The summed E-state index contributed by atoms with van der Waals surface area (Å²) < 4.78 is 147. The largest absolute Gasteiger partial charge is 0.389 e. The maximum absolute atomic E-state index is 11.5. The molecule has 2 aliphatic carbocycles. The van der Waals surface area contributed by atoms with Crippen LogP contribution in [0.2, 0.25) is 0 Å². The average molecular weight is 967 g/mol. The van der Waals surface area contributed by atoms with E-state index < -0.39 is 56.6 Å². The van der Waals surface area contributed by atoms with E-state index in [1.807, 2.05) is 69.2 Å². The third-order valence-electron chi connectivity index (χ3n) is 7.90. The molecule has 0 heterocycles. The van der Waals surface area contributed by atoms with Crippen molar-refractivity contribution < 1.29 is 41.4 Å². The lowest BCUT2D eigenvalue weighted by Crippen LogP contribution is -2.12. The van der Waals surface area contributed by atoms with Crippen molar-refractivity contribution in [1.29, 1.82) is 0 Å². The molecule has 0 aliphatic heterocycles. The van der Waals surface area contributed by atoms with E-state index in [1.54, 1.807) is 69.2 Å². The van der Waals surface area contributed by atoms with Crippen molar-refractivity contribution in [3.05, 3.63) is 0 Å². The van der Waals surface area contributed by atoms with E-state index in [4.69, 9.17) is 15.1 Å². The molecule has 0 nitrogen and oxygen atoms in total. The van der Waals surface area contributed by atoms with Gasteiger partial charge in [0.15, 0.2) is 0 Å². The summed E-state index contributed by atoms with van der Waals surface area (Å²) in [5, 5.41) is 0. The van der Waals surface area contributed by atoms with Crippen molar-refractivity contribution in [2.75, 3.05) is 0 Å². The Morgan fingerprint density at radius 3 is 0.769 bits per heavy atom. The molecule has 65 heavy (non-hydrogen) atoms. The van der Waals surface area contributed by atoms with Gasteiger partial charge >= 0.3 is 12.4 Å². The summed E-state index contributed by atoms with van der Waals surface area (Å²) in [5.74, 6) is -0.458. The van der Waals surface area contributed by atoms with E-state index in [2.05, 4.69) is 55.4 Å². The normalized spacial score (nSPS) is 18.7. The molecule has 0 radical (unpaired) electrons. The maximum atomic E-state index is 11.5. The highest BCUT2D eigenvalue weighted by molar-refractivity contribution is 4.61. The molecule has 6 heteroatoms. The van der Waals surface area contributed by atoms with Crippen LogP contribution in [0.5, 0.6) is 0 Å². The zero-order chi connectivity index (χ0) is 64.3. The SMILES string of the molecule is CC.CC(C)(C)C.CCC.CCCC.CC[C@H](C)CC(F)(F)F.CC[C@H](C)CC(F)(F)F.[2H]C([2H])(C)C(C)(C)C.[2H]C([2H])(C)C(C)C.[2H]C([2H])(C)CC.[2H]C([2H])([2H])C(C)(C)C.[2H]C1(C)CCCC1.[2H]C1(C)CCCCC1. The molecule has 0 aromatic heterocycles. The highest BCUT2D eigenvalue weighted by Crippen LogP contribution is 2.27. The van der Waals surface area contributed by atoms with Crippen LogP contribution >= 0.6 is 0 Å². The van der Waals surface area contributed by atoms with Gasteiger partial charge in [-0.1, -0.05) is 316 Å². The number of rotatable bonds is 7.